The first-order valence-corrected chi connectivity index (χ1v) is 8.02. The number of hydrogen-bond donors (Lipinski definition) is 2. The molecular formula is C10H8N2O6S2. The van der Waals surface area contributed by atoms with Gasteiger partial charge >= 0.3 is 5.71 Å². The fourth-order valence-corrected chi connectivity index (χ4v) is 2.93. The molecule has 2 rings (SSSR count). The molecule has 1 aliphatic carbocycles. The van der Waals surface area contributed by atoms with Crippen LogP contribution in [0.25, 0.3) is 5.53 Å². The smallest absolute Gasteiger partial charge is 0.323 e. The third-order valence-electron chi connectivity index (χ3n) is 2.76. The number of fused-ring (bicyclic) bond motifs is 1. The summed E-state index contributed by atoms with van der Waals surface area (Å²) >= 11 is 0. The van der Waals surface area contributed by atoms with E-state index in [-0.39, 0.29) is 22.6 Å². The van der Waals surface area contributed by atoms with E-state index in [1.807, 2.05) is 0 Å². The van der Waals surface area contributed by atoms with E-state index in [1.54, 1.807) is 0 Å². The van der Waals surface area contributed by atoms with Gasteiger partial charge in [-0.15, -0.1) is 0 Å². The number of rotatable bonds is 2. The Hall–Kier alpha value is -1.84. The minimum Gasteiger partial charge on any atom is -0.361 e. The SMILES string of the molecule is [N-]=[N+]=C1C=C(S(=O)(=O)O)Cc2ccc(S(=O)(=O)O)cc21. The van der Waals surface area contributed by atoms with Crippen LogP contribution < -0.4 is 0 Å². The predicted molar refractivity (Wildman–Crippen MR) is 67.3 cm³/mol. The maximum Gasteiger partial charge on any atom is 0.323 e. The van der Waals surface area contributed by atoms with Crippen LogP contribution in [0.15, 0.2) is 34.1 Å². The standard InChI is InChI=1S/C10H8N2O6S2/c11-12-10-5-8(20(16,17)18)3-6-1-2-7(4-9(6)10)19(13,14)15/h1-2,4-5H,3H2,(H,13,14,15)(H,16,17,18). The lowest BCUT2D eigenvalue weighted by atomic mass is 9.95. The maximum absolute atomic E-state index is 11.1. The van der Waals surface area contributed by atoms with E-state index in [4.69, 9.17) is 14.6 Å². The summed E-state index contributed by atoms with van der Waals surface area (Å²) < 4.78 is 62.2. The topological polar surface area (TPSA) is 145 Å². The summed E-state index contributed by atoms with van der Waals surface area (Å²) in [6, 6.07) is 3.40. The molecular weight excluding hydrogens is 308 g/mol. The van der Waals surface area contributed by atoms with E-state index in [0.717, 1.165) is 18.2 Å². The van der Waals surface area contributed by atoms with Gasteiger partial charge in [-0.1, -0.05) is 6.07 Å². The lowest BCUT2D eigenvalue weighted by Gasteiger charge is -2.12. The molecule has 1 aliphatic rings. The molecule has 0 radical (unpaired) electrons. The Morgan fingerprint density at radius 2 is 1.75 bits per heavy atom. The van der Waals surface area contributed by atoms with Crippen molar-refractivity contribution in [1.29, 1.82) is 0 Å². The molecule has 0 aromatic heterocycles. The second-order valence-corrected chi connectivity index (χ2v) is 6.94. The van der Waals surface area contributed by atoms with Crippen molar-refractivity contribution in [3.05, 3.63) is 45.8 Å². The first-order valence-electron chi connectivity index (χ1n) is 5.14. The molecule has 10 heteroatoms. The van der Waals surface area contributed by atoms with Gasteiger partial charge in [0.15, 0.2) is 0 Å². The molecule has 1 aromatic carbocycles. The van der Waals surface area contributed by atoms with Crippen LogP contribution in [-0.4, -0.2) is 36.4 Å². The van der Waals surface area contributed by atoms with Gasteiger partial charge < -0.3 is 5.53 Å². The first kappa shape index (κ1) is 14.6. The average molecular weight is 316 g/mol. The monoisotopic (exact) mass is 316 g/mol. The largest absolute Gasteiger partial charge is 0.361 e. The number of hydrogen-bond acceptors (Lipinski definition) is 4. The van der Waals surface area contributed by atoms with Crippen molar-refractivity contribution in [3.63, 3.8) is 0 Å². The molecule has 8 nitrogen and oxygen atoms in total. The predicted octanol–water partition coefficient (Wildman–Crippen LogP) is 0.280. The lowest BCUT2D eigenvalue weighted by Crippen LogP contribution is -2.17. The van der Waals surface area contributed by atoms with Crippen molar-refractivity contribution in [2.24, 2.45) is 0 Å². The highest BCUT2D eigenvalue weighted by atomic mass is 32.2. The van der Waals surface area contributed by atoms with E-state index in [0.29, 0.717) is 5.56 Å². The van der Waals surface area contributed by atoms with Gasteiger partial charge in [-0.2, -0.15) is 21.6 Å². The van der Waals surface area contributed by atoms with Crippen LogP contribution in [0, 0.1) is 0 Å². The molecule has 20 heavy (non-hydrogen) atoms. The third-order valence-corrected chi connectivity index (χ3v) is 4.53. The van der Waals surface area contributed by atoms with Crippen LogP contribution in [0.2, 0.25) is 0 Å². The lowest BCUT2D eigenvalue weighted by molar-refractivity contribution is -0.00238. The van der Waals surface area contributed by atoms with E-state index >= 15 is 0 Å². The Bertz CT molecular complexity index is 876. The Morgan fingerprint density at radius 3 is 2.25 bits per heavy atom. The molecule has 1 aromatic rings. The van der Waals surface area contributed by atoms with Crippen molar-refractivity contribution in [2.75, 3.05) is 0 Å². The fraction of sp³-hybridized carbons (Fsp3) is 0.100. The van der Waals surface area contributed by atoms with Crippen LogP contribution in [0.1, 0.15) is 11.1 Å². The van der Waals surface area contributed by atoms with Crippen molar-refractivity contribution < 1.29 is 30.7 Å². The van der Waals surface area contributed by atoms with Gasteiger partial charge in [0.1, 0.15) is 0 Å². The van der Waals surface area contributed by atoms with E-state index < -0.39 is 25.1 Å². The molecule has 0 saturated heterocycles. The van der Waals surface area contributed by atoms with Crippen LogP contribution >= 0.6 is 0 Å². The minimum absolute atomic E-state index is 0.148. The summed E-state index contributed by atoms with van der Waals surface area (Å²) in [5, 5.41) is 0. The van der Waals surface area contributed by atoms with Crippen LogP contribution in [0.4, 0.5) is 0 Å². The fourth-order valence-electron chi connectivity index (χ4n) is 1.83. The zero-order valence-electron chi connectivity index (χ0n) is 9.75. The van der Waals surface area contributed by atoms with E-state index in [1.165, 1.54) is 6.07 Å². The second-order valence-electron chi connectivity index (χ2n) is 4.04. The highest BCUT2D eigenvalue weighted by Crippen LogP contribution is 2.25. The molecule has 0 saturated carbocycles. The van der Waals surface area contributed by atoms with Gasteiger partial charge in [0.05, 0.1) is 15.4 Å². The maximum atomic E-state index is 11.1. The molecule has 106 valence electrons. The van der Waals surface area contributed by atoms with Gasteiger partial charge in [0, 0.05) is 12.5 Å². The molecule has 0 fully saturated rings. The highest BCUT2D eigenvalue weighted by molar-refractivity contribution is 7.89. The Labute approximate surface area is 114 Å². The second kappa shape index (κ2) is 4.62. The number of benzene rings is 1. The highest BCUT2D eigenvalue weighted by Gasteiger charge is 2.29. The molecule has 0 bridgehead atoms. The third kappa shape index (κ3) is 2.69. The van der Waals surface area contributed by atoms with Crippen molar-refractivity contribution in [1.82, 2.24) is 0 Å². The summed E-state index contributed by atoms with van der Waals surface area (Å²) in [4.78, 5) is 2.07. The van der Waals surface area contributed by atoms with Gasteiger partial charge in [0.25, 0.3) is 20.2 Å². The van der Waals surface area contributed by atoms with Gasteiger partial charge in [-0.05, 0) is 17.7 Å². The Kier molecular flexibility index (Phi) is 3.36. The molecule has 2 N–H and O–H groups in total. The average Bonchev–Trinajstić information content (AvgIpc) is 2.34. The Balaban J connectivity index is 2.68. The summed E-state index contributed by atoms with van der Waals surface area (Å²) in [5.41, 5.74) is 9.12. The van der Waals surface area contributed by atoms with Crippen LogP contribution in [0.5, 0.6) is 0 Å². The molecule has 0 amide bonds. The van der Waals surface area contributed by atoms with Crippen LogP contribution in [0.3, 0.4) is 0 Å². The molecule has 0 atom stereocenters. The summed E-state index contributed by atoms with van der Waals surface area (Å²) in [5.74, 6) is 0. The van der Waals surface area contributed by atoms with Gasteiger partial charge in [-0.25, -0.2) is 0 Å². The van der Waals surface area contributed by atoms with E-state index in [2.05, 4.69) is 4.79 Å². The summed E-state index contributed by atoms with van der Waals surface area (Å²) in [7, 11) is -8.88. The number of nitrogens with zero attached hydrogens (tertiary/aromatic N) is 2. The first-order chi connectivity index (χ1) is 9.13. The minimum atomic E-state index is -4.45. The molecule has 0 spiro atoms. The quantitative estimate of drug-likeness (QED) is 0.455. The molecule has 0 heterocycles. The number of allylic oxidation sites excluding steroid dienone is 2. The van der Waals surface area contributed by atoms with Gasteiger partial charge in [0.2, 0.25) is 0 Å². The normalized spacial score (nSPS) is 15.3. The van der Waals surface area contributed by atoms with Crippen molar-refractivity contribution in [3.8, 4) is 0 Å². The Morgan fingerprint density at radius 1 is 1.10 bits per heavy atom. The molecule has 0 unspecified atom stereocenters. The van der Waals surface area contributed by atoms with Gasteiger partial charge in [-0.3, -0.25) is 9.11 Å². The van der Waals surface area contributed by atoms with Crippen molar-refractivity contribution in [2.45, 2.75) is 11.3 Å². The van der Waals surface area contributed by atoms with Crippen LogP contribution in [-0.2, 0) is 26.7 Å². The van der Waals surface area contributed by atoms with E-state index in [9.17, 15) is 16.8 Å². The summed E-state index contributed by atoms with van der Waals surface area (Å²) in [6.45, 7) is 0. The summed E-state index contributed by atoms with van der Waals surface area (Å²) in [6.07, 6.45) is 0.740. The van der Waals surface area contributed by atoms with Crippen molar-refractivity contribution >= 4 is 25.9 Å². The molecule has 0 aliphatic heterocycles. The zero-order chi connectivity index (χ0) is 15.1. The zero-order valence-corrected chi connectivity index (χ0v) is 11.4.